The third-order valence-corrected chi connectivity index (χ3v) is 8.14. The molecule has 0 aliphatic carbocycles. The lowest BCUT2D eigenvalue weighted by atomic mass is 9.95. The quantitative estimate of drug-likeness (QED) is 0.229. The Kier molecular flexibility index (Phi) is 4.77. The molecule has 8 aromatic rings. The zero-order valence-corrected chi connectivity index (χ0v) is 21.7. The molecule has 6 aromatic carbocycles. The summed E-state index contributed by atoms with van der Waals surface area (Å²) in [5.41, 5.74) is 11.1. The van der Waals surface area contributed by atoms with Crippen molar-refractivity contribution in [2.45, 2.75) is 0 Å². The first kappa shape index (κ1) is 22.0. The molecule has 0 bridgehead atoms. The number of nitrogens with zero attached hydrogens (tertiary/aromatic N) is 2. The molecule has 2 nitrogen and oxygen atoms in total. The molecule has 0 saturated carbocycles. The molecule has 39 heavy (non-hydrogen) atoms. The second-order valence-electron chi connectivity index (χ2n) is 10.2. The van der Waals surface area contributed by atoms with Crippen molar-refractivity contribution in [3.63, 3.8) is 0 Å². The van der Waals surface area contributed by atoms with Gasteiger partial charge in [-0.15, -0.1) is 0 Å². The Morgan fingerprint density at radius 1 is 0.410 bits per heavy atom. The Morgan fingerprint density at radius 2 is 0.949 bits per heavy atom. The minimum Gasteiger partial charge on any atom is -0.344 e. The maximum absolute atomic E-state index is 2.42. The van der Waals surface area contributed by atoms with Gasteiger partial charge < -0.3 is 9.13 Å². The molecule has 2 aromatic heterocycles. The number of fused-ring (bicyclic) bond motifs is 6. The first-order chi connectivity index (χ1) is 19.3. The second-order valence-corrected chi connectivity index (χ2v) is 10.2. The van der Waals surface area contributed by atoms with E-state index < -0.39 is 0 Å². The number of hydrogen-bond donors (Lipinski definition) is 0. The van der Waals surface area contributed by atoms with Crippen molar-refractivity contribution in [1.29, 1.82) is 0 Å². The zero-order chi connectivity index (χ0) is 25.9. The largest absolute Gasteiger partial charge is 0.344 e. The Bertz CT molecular complexity index is 2180. The van der Waals surface area contributed by atoms with Crippen molar-refractivity contribution >= 4 is 43.6 Å². The van der Waals surface area contributed by atoms with E-state index in [-0.39, 0.29) is 0 Å². The third kappa shape index (κ3) is 3.22. The molecule has 0 aliphatic rings. The van der Waals surface area contributed by atoms with Gasteiger partial charge in [-0.2, -0.15) is 0 Å². The molecule has 0 saturated heterocycles. The van der Waals surface area contributed by atoms with E-state index in [1.54, 1.807) is 0 Å². The average Bonchev–Trinajstić information content (AvgIpc) is 3.50. The highest BCUT2D eigenvalue weighted by atomic mass is 15.0. The average molecular weight is 499 g/mol. The van der Waals surface area contributed by atoms with Gasteiger partial charge in [-0.25, -0.2) is 0 Å². The highest BCUT2D eigenvalue weighted by molar-refractivity contribution is 6.21. The van der Waals surface area contributed by atoms with Crippen LogP contribution in [-0.2, 0) is 7.05 Å². The first-order valence-electron chi connectivity index (χ1n) is 13.4. The Hall–Kier alpha value is -5.08. The predicted molar refractivity (Wildman–Crippen MR) is 166 cm³/mol. The second kappa shape index (κ2) is 8.47. The van der Waals surface area contributed by atoms with Crippen LogP contribution in [0.15, 0.2) is 140 Å². The minimum atomic E-state index is 1.17. The molecule has 0 amide bonds. The van der Waals surface area contributed by atoms with Crippen LogP contribution in [0.4, 0.5) is 0 Å². The lowest BCUT2D eigenvalue weighted by molar-refractivity contribution is 1.01. The van der Waals surface area contributed by atoms with Gasteiger partial charge in [0.15, 0.2) is 0 Å². The molecule has 8 rings (SSSR count). The fraction of sp³-hybridized carbons (Fsp3) is 0.0270. The Morgan fingerprint density at radius 3 is 1.72 bits per heavy atom. The number of aromatic nitrogens is 2. The van der Waals surface area contributed by atoms with Crippen LogP contribution in [0.3, 0.4) is 0 Å². The van der Waals surface area contributed by atoms with Gasteiger partial charge in [0, 0.05) is 45.3 Å². The number of benzene rings is 6. The summed E-state index contributed by atoms with van der Waals surface area (Å²) in [4.78, 5) is 0. The maximum Gasteiger partial charge on any atom is 0.0547 e. The van der Waals surface area contributed by atoms with Gasteiger partial charge in [0.05, 0.1) is 11.0 Å². The van der Waals surface area contributed by atoms with E-state index >= 15 is 0 Å². The van der Waals surface area contributed by atoms with Gasteiger partial charge >= 0.3 is 0 Å². The molecule has 0 radical (unpaired) electrons. The van der Waals surface area contributed by atoms with E-state index in [1.807, 2.05) is 0 Å². The molecule has 184 valence electrons. The molecule has 0 spiro atoms. The number of para-hydroxylation sites is 2. The fourth-order valence-corrected chi connectivity index (χ4v) is 6.41. The van der Waals surface area contributed by atoms with E-state index in [0.717, 1.165) is 0 Å². The zero-order valence-electron chi connectivity index (χ0n) is 21.7. The van der Waals surface area contributed by atoms with Crippen LogP contribution >= 0.6 is 0 Å². The molecule has 0 N–H and O–H groups in total. The van der Waals surface area contributed by atoms with E-state index in [4.69, 9.17) is 0 Å². The Labute approximate surface area is 227 Å². The third-order valence-electron chi connectivity index (χ3n) is 8.14. The Balaban J connectivity index is 1.46. The normalized spacial score (nSPS) is 11.7. The molecule has 0 atom stereocenters. The van der Waals surface area contributed by atoms with Crippen LogP contribution in [0.2, 0.25) is 0 Å². The molecule has 0 aliphatic heterocycles. The molecule has 2 heterocycles. The molecular weight excluding hydrogens is 472 g/mol. The molecular formula is C37H26N2. The predicted octanol–water partition coefficient (Wildman–Crippen LogP) is 9.76. The van der Waals surface area contributed by atoms with Crippen LogP contribution in [-0.4, -0.2) is 9.13 Å². The fourth-order valence-electron chi connectivity index (χ4n) is 6.41. The van der Waals surface area contributed by atoms with Gasteiger partial charge in [-0.05, 0) is 58.7 Å². The van der Waals surface area contributed by atoms with Crippen molar-refractivity contribution < 1.29 is 0 Å². The van der Waals surface area contributed by atoms with Gasteiger partial charge in [0.25, 0.3) is 0 Å². The van der Waals surface area contributed by atoms with Crippen molar-refractivity contribution in [2.75, 3.05) is 0 Å². The highest BCUT2D eigenvalue weighted by Gasteiger charge is 2.19. The van der Waals surface area contributed by atoms with Crippen molar-refractivity contribution in [1.82, 2.24) is 9.13 Å². The lowest BCUT2D eigenvalue weighted by Gasteiger charge is -2.11. The van der Waals surface area contributed by atoms with Gasteiger partial charge in [0.2, 0.25) is 0 Å². The topological polar surface area (TPSA) is 9.86 Å². The van der Waals surface area contributed by atoms with Crippen molar-refractivity contribution in [3.05, 3.63) is 140 Å². The minimum absolute atomic E-state index is 1.17. The number of hydrogen-bond acceptors (Lipinski definition) is 0. The van der Waals surface area contributed by atoms with E-state index in [2.05, 4.69) is 156 Å². The lowest BCUT2D eigenvalue weighted by Crippen LogP contribution is -1.94. The highest BCUT2D eigenvalue weighted by Crippen LogP contribution is 2.43. The summed E-state index contributed by atoms with van der Waals surface area (Å²) in [6.45, 7) is 0. The summed E-state index contributed by atoms with van der Waals surface area (Å²) < 4.78 is 4.73. The maximum atomic E-state index is 2.42. The molecule has 0 unspecified atom stereocenters. The smallest absolute Gasteiger partial charge is 0.0547 e. The first-order valence-corrected chi connectivity index (χ1v) is 13.4. The van der Waals surface area contributed by atoms with E-state index in [1.165, 1.54) is 71.6 Å². The molecule has 0 fully saturated rings. The van der Waals surface area contributed by atoms with Crippen LogP contribution in [0.1, 0.15) is 0 Å². The van der Waals surface area contributed by atoms with Crippen LogP contribution < -0.4 is 0 Å². The van der Waals surface area contributed by atoms with Crippen LogP contribution in [0.5, 0.6) is 0 Å². The van der Waals surface area contributed by atoms with Crippen molar-refractivity contribution in [3.8, 4) is 27.9 Å². The van der Waals surface area contributed by atoms with Crippen LogP contribution in [0.25, 0.3) is 71.6 Å². The summed E-state index contributed by atoms with van der Waals surface area (Å²) in [5.74, 6) is 0. The SMILES string of the molecule is Cn1c2ccccc2c2c(-c3cccc4c3c3ccccc3n4-c3cccc(-c4ccccc4)c3)cccc21. The van der Waals surface area contributed by atoms with Crippen molar-refractivity contribution in [2.24, 2.45) is 7.05 Å². The number of aryl methyl sites for hydroxylation is 1. The standard InChI is InChI=1S/C37H26N2/c1-38-32-20-7-5-16-30(32)36-28(18-10-22-34(36)38)29-19-11-23-35-37(29)31-17-6-8-21-33(31)39(35)27-15-9-14-26(24-27)25-12-3-2-4-13-25/h2-24H,1H3. The van der Waals surface area contributed by atoms with E-state index in [9.17, 15) is 0 Å². The summed E-state index contributed by atoms with van der Waals surface area (Å²) >= 11 is 0. The summed E-state index contributed by atoms with van der Waals surface area (Å²) in [5, 5.41) is 5.16. The summed E-state index contributed by atoms with van der Waals surface area (Å²) in [7, 11) is 2.17. The van der Waals surface area contributed by atoms with Gasteiger partial charge in [-0.1, -0.05) is 103 Å². The number of rotatable bonds is 3. The monoisotopic (exact) mass is 498 g/mol. The van der Waals surface area contributed by atoms with Gasteiger partial charge in [-0.3, -0.25) is 0 Å². The summed E-state index contributed by atoms with van der Waals surface area (Å²) in [6, 6.07) is 50.5. The van der Waals surface area contributed by atoms with Gasteiger partial charge in [0.1, 0.15) is 0 Å². The summed E-state index contributed by atoms with van der Waals surface area (Å²) in [6.07, 6.45) is 0. The van der Waals surface area contributed by atoms with E-state index in [0.29, 0.717) is 0 Å². The van der Waals surface area contributed by atoms with Crippen LogP contribution in [0, 0.1) is 0 Å². The molecule has 2 heteroatoms.